The lowest BCUT2D eigenvalue weighted by Crippen LogP contribution is -2.55. The molecule has 0 bridgehead atoms. The number of benzene rings is 2. The Morgan fingerprint density at radius 2 is 2.06 bits per heavy atom. The number of ether oxygens (including phenoxy) is 3. The summed E-state index contributed by atoms with van der Waals surface area (Å²) >= 11 is 5.90. The van der Waals surface area contributed by atoms with Gasteiger partial charge in [0.2, 0.25) is 0 Å². The number of hydrogen-bond acceptors (Lipinski definition) is 8. The number of carbonyl (C=O) groups is 1. The molecule has 0 aliphatic carbocycles. The van der Waals surface area contributed by atoms with Gasteiger partial charge in [-0.1, -0.05) is 11.6 Å². The molecule has 1 saturated heterocycles. The SMILES string of the molecule is COc1cc2ncnc(Nc3ccc(F)c(Cl)c3)c2cc1OCCN1CC(=O)OCC1(C)C. The summed E-state index contributed by atoms with van der Waals surface area (Å²) in [5.41, 5.74) is 0.954. The van der Waals surface area contributed by atoms with Crippen molar-refractivity contribution in [2.45, 2.75) is 19.4 Å². The van der Waals surface area contributed by atoms with Gasteiger partial charge in [0.25, 0.3) is 0 Å². The molecule has 4 rings (SSSR count). The minimum absolute atomic E-state index is 0.00794. The first-order chi connectivity index (χ1) is 15.8. The Hall–Kier alpha value is -3.17. The summed E-state index contributed by atoms with van der Waals surface area (Å²) in [5, 5.41) is 3.84. The second-order valence-electron chi connectivity index (χ2n) is 8.24. The van der Waals surface area contributed by atoms with Crippen molar-refractivity contribution >= 4 is 40.0 Å². The van der Waals surface area contributed by atoms with Gasteiger partial charge in [0, 0.05) is 23.7 Å². The first-order valence-electron chi connectivity index (χ1n) is 10.3. The lowest BCUT2D eigenvalue weighted by atomic mass is 10.0. The Kier molecular flexibility index (Phi) is 6.53. The van der Waals surface area contributed by atoms with Crippen LogP contribution >= 0.6 is 11.6 Å². The maximum atomic E-state index is 13.5. The standard InChI is InChI=1S/C23H24ClFN4O4/c1-23(2)12-33-21(30)11-29(23)6-7-32-20-9-15-18(10-19(20)31-3)26-13-27-22(15)28-14-4-5-17(25)16(24)8-14/h4-5,8-10,13H,6-7,11-12H2,1-3H3,(H,26,27,28). The molecule has 0 amide bonds. The molecule has 1 fully saturated rings. The number of nitrogens with one attached hydrogen (secondary N) is 1. The zero-order valence-electron chi connectivity index (χ0n) is 18.5. The topological polar surface area (TPSA) is 85.8 Å². The largest absolute Gasteiger partial charge is 0.493 e. The van der Waals surface area contributed by atoms with Crippen molar-refractivity contribution in [3.05, 3.63) is 47.5 Å². The third-order valence-electron chi connectivity index (χ3n) is 5.48. The molecule has 2 heterocycles. The molecule has 1 N–H and O–H groups in total. The monoisotopic (exact) mass is 474 g/mol. The summed E-state index contributed by atoms with van der Waals surface area (Å²) in [6, 6.07) is 7.89. The number of anilines is 2. The number of morpholine rings is 1. The fourth-order valence-corrected chi connectivity index (χ4v) is 3.74. The van der Waals surface area contributed by atoms with E-state index in [-0.39, 0.29) is 23.1 Å². The first kappa shape index (κ1) is 23.0. The molecular formula is C23H24ClFN4O4. The molecule has 2 aromatic carbocycles. The highest BCUT2D eigenvalue weighted by Gasteiger charge is 2.34. The number of methoxy groups -OCH3 is 1. The average molecular weight is 475 g/mol. The molecule has 33 heavy (non-hydrogen) atoms. The molecule has 1 aromatic heterocycles. The fraction of sp³-hybridized carbons (Fsp3) is 0.348. The van der Waals surface area contributed by atoms with E-state index in [4.69, 9.17) is 25.8 Å². The molecule has 1 aliphatic heterocycles. The molecule has 0 saturated carbocycles. The maximum absolute atomic E-state index is 13.5. The van der Waals surface area contributed by atoms with Gasteiger partial charge in [-0.3, -0.25) is 9.69 Å². The Bertz CT molecular complexity index is 1190. The van der Waals surface area contributed by atoms with Gasteiger partial charge in [-0.05, 0) is 38.1 Å². The molecule has 0 unspecified atom stereocenters. The van der Waals surface area contributed by atoms with Gasteiger partial charge in [0.15, 0.2) is 11.5 Å². The van der Waals surface area contributed by atoms with Crippen LogP contribution < -0.4 is 14.8 Å². The highest BCUT2D eigenvalue weighted by molar-refractivity contribution is 6.31. The average Bonchev–Trinajstić information content (AvgIpc) is 2.78. The number of aromatic nitrogens is 2. The molecule has 174 valence electrons. The van der Waals surface area contributed by atoms with Crippen LogP contribution in [0.5, 0.6) is 11.5 Å². The Morgan fingerprint density at radius 1 is 1.24 bits per heavy atom. The van der Waals surface area contributed by atoms with E-state index in [2.05, 4.69) is 15.3 Å². The van der Waals surface area contributed by atoms with Crippen LogP contribution in [0.1, 0.15) is 13.8 Å². The van der Waals surface area contributed by atoms with Crippen molar-refractivity contribution in [2.24, 2.45) is 0 Å². The smallest absolute Gasteiger partial charge is 0.320 e. The normalized spacial score (nSPS) is 15.8. The number of halogens is 2. The predicted octanol–water partition coefficient (Wildman–Crippen LogP) is 4.19. The van der Waals surface area contributed by atoms with E-state index in [0.717, 1.165) is 0 Å². The van der Waals surface area contributed by atoms with Gasteiger partial charge >= 0.3 is 5.97 Å². The van der Waals surface area contributed by atoms with Gasteiger partial charge < -0.3 is 19.5 Å². The summed E-state index contributed by atoms with van der Waals surface area (Å²) in [6.07, 6.45) is 1.42. The third-order valence-corrected chi connectivity index (χ3v) is 5.77. The molecule has 0 radical (unpaired) electrons. The van der Waals surface area contributed by atoms with Crippen LogP contribution in [0.15, 0.2) is 36.7 Å². The zero-order chi connectivity index (χ0) is 23.6. The Balaban J connectivity index is 1.56. The lowest BCUT2D eigenvalue weighted by Gasteiger charge is -2.40. The molecule has 8 nitrogen and oxygen atoms in total. The van der Waals surface area contributed by atoms with Crippen LogP contribution in [0, 0.1) is 5.82 Å². The number of rotatable bonds is 7. The zero-order valence-corrected chi connectivity index (χ0v) is 19.3. The number of nitrogens with zero attached hydrogens (tertiary/aromatic N) is 3. The molecule has 0 atom stereocenters. The number of cyclic esters (lactones) is 1. The minimum atomic E-state index is -0.500. The van der Waals surface area contributed by atoms with Crippen molar-refractivity contribution in [2.75, 3.05) is 38.7 Å². The number of fused-ring (bicyclic) bond motifs is 1. The predicted molar refractivity (Wildman–Crippen MR) is 123 cm³/mol. The van der Waals surface area contributed by atoms with Gasteiger partial charge in [0.05, 0.1) is 29.7 Å². The summed E-state index contributed by atoms with van der Waals surface area (Å²) < 4.78 is 30.2. The van der Waals surface area contributed by atoms with Crippen molar-refractivity contribution < 1.29 is 23.4 Å². The Morgan fingerprint density at radius 3 is 2.82 bits per heavy atom. The van der Waals surface area contributed by atoms with Crippen molar-refractivity contribution in [1.29, 1.82) is 0 Å². The van der Waals surface area contributed by atoms with Gasteiger partial charge in [-0.2, -0.15) is 0 Å². The second-order valence-corrected chi connectivity index (χ2v) is 8.65. The van der Waals surface area contributed by atoms with E-state index in [1.54, 1.807) is 25.3 Å². The van der Waals surface area contributed by atoms with Crippen LogP contribution in [0.3, 0.4) is 0 Å². The van der Waals surface area contributed by atoms with Crippen LogP contribution in [0.4, 0.5) is 15.9 Å². The number of carbonyl (C=O) groups excluding carboxylic acids is 1. The van der Waals surface area contributed by atoms with E-state index in [1.807, 2.05) is 18.7 Å². The summed E-state index contributed by atoms with van der Waals surface area (Å²) in [4.78, 5) is 22.4. The second kappa shape index (κ2) is 9.36. The van der Waals surface area contributed by atoms with Crippen LogP contribution in [-0.2, 0) is 9.53 Å². The van der Waals surface area contributed by atoms with Gasteiger partial charge in [0.1, 0.15) is 31.2 Å². The first-order valence-corrected chi connectivity index (χ1v) is 10.7. The van der Waals surface area contributed by atoms with Crippen LogP contribution in [0.25, 0.3) is 10.9 Å². The van der Waals surface area contributed by atoms with E-state index in [1.165, 1.54) is 18.5 Å². The quantitative estimate of drug-likeness (QED) is 0.510. The van der Waals surface area contributed by atoms with Crippen molar-refractivity contribution in [1.82, 2.24) is 14.9 Å². The summed E-state index contributed by atoms with van der Waals surface area (Å²) in [7, 11) is 1.55. The molecule has 1 aliphatic rings. The molecular weight excluding hydrogens is 451 g/mol. The lowest BCUT2D eigenvalue weighted by molar-refractivity contribution is -0.160. The fourth-order valence-electron chi connectivity index (χ4n) is 3.56. The van der Waals surface area contributed by atoms with Crippen molar-refractivity contribution in [3.63, 3.8) is 0 Å². The maximum Gasteiger partial charge on any atom is 0.320 e. The highest BCUT2D eigenvalue weighted by Crippen LogP contribution is 2.35. The van der Waals surface area contributed by atoms with E-state index in [0.29, 0.717) is 53.7 Å². The Labute approximate surface area is 195 Å². The number of esters is 1. The number of hydrogen-bond donors (Lipinski definition) is 1. The van der Waals surface area contributed by atoms with Crippen LogP contribution in [-0.4, -0.2) is 59.8 Å². The highest BCUT2D eigenvalue weighted by atomic mass is 35.5. The summed E-state index contributed by atoms with van der Waals surface area (Å²) in [6.45, 7) is 5.47. The third kappa shape index (κ3) is 5.09. The van der Waals surface area contributed by atoms with Crippen LogP contribution in [0.2, 0.25) is 5.02 Å². The van der Waals surface area contributed by atoms with Gasteiger partial charge in [-0.15, -0.1) is 0 Å². The minimum Gasteiger partial charge on any atom is -0.493 e. The van der Waals surface area contributed by atoms with Gasteiger partial charge in [-0.25, -0.2) is 14.4 Å². The summed E-state index contributed by atoms with van der Waals surface area (Å²) in [5.74, 6) is 0.800. The van der Waals surface area contributed by atoms with E-state index < -0.39 is 5.82 Å². The molecule has 3 aromatic rings. The van der Waals surface area contributed by atoms with E-state index in [9.17, 15) is 9.18 Å². The molecule has 10 heteroatoms. The van der Waals surface area contributed by atoms with Crippen molar-refractivity contribution in [3.8, 4) is 11.5 Å². The molecule has 0 spiro atoms. The van der Waals surface area contributed by atoms with E-state index >= 15 is 0 Å².